The SMILES string of the molecule is C1=CCCC(CN2C(CN3CCCCCC3)NC3CC=CCC32)=C1. The van der Waals surface area contributed by atoms with Crippen LogP contribution >= 0.6 is 0 Å². The number of rotatable bonds is 4. The molecule has 0 spiro atoms. The van der Waals surface area contributed by atoms with Crippen molar-refractivity contribution in [3.05, 3.63) is 36.0 Å². The standard InChI is InChI=1S/C21H33N3/c1-2-9-15-23(14-8-1)17-21-22-19-12-6-7-13-20(19)24(21)16-18-10-4-3-5-11-18/h3-4,6-7,10,19-22H,1-2,5,8-9,11-17H2. The summed E-state index contributed by atoms with van der Waals surface area (Å²) in [5.74, 6) is 0. The first-order valence-corrected chi connectivity index (χ1v) is 10.1. The van der Waals surface area contributed by atoms with Crippen LogP contribution in [0.25, 0.3) is 0 Å². The molecule has 1 N–H and O–H groups in total. The van der Waals surface area contributed by atoms with Gasteiger partial charge in [-0.2, -0.15) is 0 Å². The second-order valence-corrected chi connectivity index (χ2v) is 7.98. The van der Waals surface area contributed by atoms with Gasteiger partial charge in [0, 0.05) is 25.2 Å². The molecule has 0 radical (unpaired) electrons. The number of hydrogen-bond acceptors (Lipinski definition) is 3. The normalized spacial score (nSPS) is 34.8. The van der Waals surface area contributed by atoms with Gasteiger partial charge in [0.15, 0.2) is 0 Å². The van der Waals surface area contributed by atoms with E-state index in [2.05, 4.69) is 45.5 Å². The Morgan fingerprint density at radius 3 is 2.62 bits per heavy atom. The Hall–Kier alpha value is -0.900. The summed E-state index contributed by atoms with van der Waals surface area (Å²) in [6.45, 7) is 4.96. The monoisotopic (exact) mass is 327 g/mol. The third-order valence-corrected chi connectivity index (χ3v) is 6.25. The summed E-state index contributed by atoms with van der Waals surface area (Å²) in [4.78, 5) is 5.52. The van der Waals surface area contributed by atoms with E-state index >= 15 is 0 Å². The van der Waals surface area contributed by atoms with Gasteiger partial charge in [-0.15, -0.1) is 0 Å². The van der Waals surface area contributed by atoms with Crippen LogP contribution in [-0.4, -0.2) is 54.2 Å². The van der Waals surface area contributed by atoms with Crippen LogP contribution in [0.15, 0.2) is 36.0 Å². The molecule has 0 aromatic rings. The largest absolute Gasteiger partial charge is 0.300 e. The molecule has 4 aliphatic rings. The summed E-state index contributed by atoms with van der Waals surface area (Å²) in [6, 6.07) is 1.35. The van der Waals surface area contributed by atoms with E-state index in [1.165, 1.54) is 71.0 Å². The number of nitrogens with one attached hydrogen (secondary N) is 1. The highest BCUT2D eigenvalue weighted by Crippen LogP contribution is 2.29. The van der Waals surface area contributed by atoms with Gasteiger partial charge in [-0.05, 0) is 51.6 Å². The minimum Gasteiger partial charge on any atom is -0.300 e. The summed E-state index contributed by atoms with van der Waals surface area (Å²) < 4.78 is 0. The van der Waals surface area contributed by atoms with Crippen LogP contribution in [-0.2, 0) is 0 Å². The fraction of sp³-hybridized carbons (Fsp3) is 0.714. The molecule has 0 aromatic heterocycles. The lowest BCUT2D eigenvalue weighted by atomic mass is 9.96. The second kappa shape index (κ2) is 7.99. The van der Waals surface area contributed by atoms with E-state index in [0.29, 0.717) is 18.2 Å². The molecule has 3 heteroatoms. The van der Waals surface area contributed by atoms with E-state index in [-0.39, 0.29) is 0 Å². The van der Waals surface area contributed by atoms with Gasteiger partial charge < -0.3 is 4.90 Å². The van der Waals surface area contributed by atoms with Crippen molar-refractivity contribution in [2.24, 2.45) is 0 Å². The molecule has 24 heavy (non-hydrogen) atoms. The molecule has 132 valence electrons. The Morgan fingerprint density at radius 2 is 1.83 bits per heavy atom. The van der Waals surface area contributed by atoms with Crippen molar-refractivity contribution in [1.82, 2.24) is 15.1 Å². The van der Waals surface area contributed by atoms with Crippen LogP contribution in [0.1, 0.15) is 51.4 Å². The summed E-state index contributed by atoms with van der Waals surface area (Å²) >= 11 is 0. The van der Waals surface area contributed by atoms with Crippen LogP contribution in [0.4, 0.5) is 0 Å². The van der Waals surface area contributed by atoms with E-state index in [1.54, 1.807) is 5.57 Å². The number of hydrogen-bond donors (Lipinski definition) is 1. The number of nitrogens with zero attached hydrogens (tertiary/aromatic N) is 2. The van der Waals surface area contributed by atoms with E-state index in [9.17, 15) is 0 Å². The average molecular weight is 328 g/mol. The Labute approximate surface area is 147 Å². The van der Waals surface area contributed by atoms with Gasteiger partial charge in [0.1, 0.15) is 0 Å². The molecule has 2 fully saturated rings. The van der Waals surface area contributed by atoms with Gasteiger partial charge in [0.25, 0.3) is 0 Å². The zero-order valence-electron chi connectivity index (χ0n) is 15.0. The van der Waals surface area contributed by atoms with Gasteiger partial charge in [0.05, 0.1) is 6.17 Å². The molecule has 0 amide bonds. The lowest BCUT2D eigenvalue weighted by Gasteiger charge is -2.34. The van der Waals surface area contributed by atoms with Crippen LogP contribution in [0.3, 0.4) is 0 Å². The molecule has 3 nitrogen and oxygen atoms in total. The highest BCUT2D eigenvalue weighted by molar-refractivity contribution is 5.20. The van der Waals surface area contributed by atoms with Crippen LogP contribution in [0.2, 0.25) is 0 Å². The predicted octanol–water partition coefficient (Wildman–Crippen LogP) is 3.46. The predicted molar refractivity (Wildman–Crippen MR) is 101 cm³/mol. The molecular formula is C21H33N3. The highest BCUT2D eigenvalue weighted by atomic mass is 15.4. The zero-order valence-corrected chi connectivity index (χ0v) is 15.0. The summed E-state index contributed by atoms with van der Waals surface area (Å²) in [7, 11) is 0. The van der Waals surface area contributed by atoms with Gasteiger partial charge in [-0.25, -0.2) is 0 Å². The molecule has 3 unspecified atom stereocenters. The Balaban J connectivity index is 1.45. The van der Waals surface area contributed by atoms with Crippen molar-refractivity contribution in [1.29, 1.82) is 0 Å². The van der Waals surface area contributed by atoms with Gasteiger partial charge in [-0.3, -0.25) is 10.2 Å². The first-order valence-electron chi connectivity index (χ1n) is 10.1. The first kappa shape index (κ1) is 16.6. The lowest BCUT2D eigenvalue weighted by Crippen LogP contribution is -2.48. The van der Waals surface area contributed by atoms with Crippen molar-refractivity contribution in [3.63, 3.8) is 0 Å². The fourth-order valence-corrected chi connectivity index (χ4v) is 4.89. The van der Waals surface area contributed by atoms with Gasteiger partial charge in [-0.1, -0.05) is 48.8 Å². The Morgan fingerprint density at radius 1 is 1.00 bits per heavy atom. The number of fused-ring (bicyclic) bond motifs is 1. The first-order chi connectivity index (χ1) is 11.9. The topological polar surface area (TPSA) is 18.5 Å². The number of likely N-dealkylation sites (tertiary alicyclic amines) is 1. The van der Waals surface area contributed by atoms with E-state index in [1.807, 2.05) is 0 Å². The average Bonchev–Trinajstić information content (AvgIpc) is 2.79. The van der Waals surface area contributed by atoms with E-state index in [4.69, 9.17) is 0 Å². The lowest BCUT2D eigenvalue weighted by molar-refractivity contribution is 0.144. The molecule has 0 aromatic carbocycles. The molecule has 0 bridgehead atoms. The molecule has 2 heterocycles. The second-order valence-electron chi connectivity index (χ2n) is 7.98. The van der Waals surface area contributed by atoms with Crippen LogP contribution < -0.4 is 5.32 Å². The molecule has 2 aliphatic heterocycles. The van der Waals surface area contributed by atoms with E-state index in [0.717, 1.165) is 6.54 Å². The van der Waals surface area contributed by atoms with Crippen molar-refractivity contribution in [2.75, 3.05) is 26.2 Å². The summed E-state index contributed by atoms with van der Waals surface area (Å²) in [6.07, 6.45) is 22.7. The molecule has 3 atom stereocenters. The van der Waals surface area contributed by atoms with Gasteiger partial charge in [0.2, 0.25) is 0 Å². The van der Waals surface area contributed by atoms with Crippen molar-refractivity contribution in [2.45, 2.75) is 69.6 Å². The maximum atomic E-state index is 3.99. The molecule has 2 aliphatic carbocycles. The highest BCUT2D eigenvalue weighted by Gasteiger charge is 2.41. The Kier molecular flexibility index (Phi) is 5.51. The minimum atomic E-state index is 0.532. The third kappa shape index (κ3) is 3.84. The maximum absolute atomic E-state index is 3.99. The fourth-order valence-electron chi connectivity index (χ4n) is 4.89. The molecule has 4 rings (SSSR count). The smallest absolute Gasteiger partial charge is 0.0737 e. The van der Waals surface area contributed by atoms with Crippen LogP contribution in [0, 0.1) is 0 Å². The zero-order chi connectivity index (χ0) is 16.2. The van der Waals surface area contributed by atoms with Crippen molar-refractivity contribution in [3.8, 4) is 0 Å². The van der Waals surface area contributed by atoms with Crippen LogP contribution in [0.5, 0.6) is 0 Å². The van der Waals surface area contributed by atoms with E-state index < -0.39 is 0 Å². The van der Waals surface area contributed by atoms with Crippen molar-refractivity contribution >= 4 is 0 Å². The molecular weight excluding hydrogens is 294 g/mol. The quantitative estimate of drug-likeness (QED) is 0.798. The Bertz CT molecular complexity index is 499. The maximum Gasteiger partial charge on any atom is 0.0737 e. The summed E-state index contributed by atoms with van der Waals surface area (Å²) in [5.41, 5.74) is 1.62. The van der Waals surface area contributed by atoms with Gasteiger partial charge >= 0.3 is 0 Å². The summed E-state index contributed by atoms with van der Waals surface area (Å²) in [5, 5.41) is 3.99. The molecule has 0 saturated carbocycles. The van der Waals surface area contributed by atoms with Crippen molar-refractivity contribution < 1.29 is 0 Å². The minimum absolute atomic E-state index is 0.532. The third-order valence-electron chi connectivity index (χ3n) is 6.25. The molecule has 2 saturated heterocycles. The number of allylic oxidation sites excluding steroid dienone is 3.